The summed E-state index contributed by atoms with van der Waals surface area (Å²) in [5.41, 5.74) is 2.40. The lowest BCUT2D eigenvalue weighted by Gasteiger charge is -2.16. The van der Waals surface area contributed by atoms with Crippen LogP contribution in [0.25, 0.3) is 10.9 Å². The molecule has 1 aliphatic rings. The van der Waals surface area contributed by atoms with Crippen molar-refractivity contribution in [2.24, 2.45) is 0 Å². The molecule has 1 atom stereocenters. The molecule has 0 radical (unpaired) electrons. The van der Waals surface area contributed by atoms with E-state index in [2.05, 4.69) is 10.6 Å². The second-order valence-corrected chi connectivity index (χ2v) is 9.05. The van der Waals surface area contributed by atoms with E-state index < -0.39 is 0 Å². The number of aromatic nitrogens is 2. The van der Waals surface area contributed by atoms with Crippen molar-refractivity contribution >= 4 is 22.7 Å². The number of nitrogens with one attached hydrogen (secondary N) is 2. The summed E-state index contributed by atoms with van der Waals surface area (Å²) >= 11 is 0. The van der Waals surface area contributed by atoms with E-state index in [9.17, 15) is 14.4 Å². The van der Waals surface area contributed by atoms with Gasteiger partial charge >= 0.3 is 0 Å². The van der Waals surface area contributed by atoms with E-state index in [4.69, 9.17) is 4.98 Å². The molecule has 0 spiro atoms. The van der Waals surface area contributed by atoms with Crippen LogP contribution in [0.5, 0.6) is 0 Å². The molecule has 34 heavy (non-hydrogen) atoms. The maximum Gasteiger partial charge on any atom is 0.261 e. The average Bonchev–Trinajstić information content (AvgIpc) is 2.83. The van der Waals surface area contributed by atoms with E-state index in [1.807, 2.05) is 26.0 Å². The molecule has 2 N–H and O–H groups in total. The van der Waals surface area contributed by atoms with Gasteiger partial charge in [0.05, 0.1) is 10.9 Å². The molecule has 2 amide bonds. The Kier molecular flexibility index (Phi) is 7.40. The van der Waals surface area contributed by atoms with Crippen LogP contribution in [0.2, 0.25) is 0 Å². The van der Waals surface area contributed by atoms with Crippen molar-refractivity contribution in [3.63, 3.8) is 0 Å². The summed E-state index contributed by atoms with van der Waals surface area (Å²) in [5.74, 6) is 0.441. The predicted octanol–water partition coefficient (Wildman–Crippen LogP) is 3.97. The van der Waals surface area contributed by atoms with Crippen LogP contribution < -0.4 is 16.2 Å². The highest BCUT2D eigenvalue weighted by Crippen LogP contribution is 2.17. The van der Waals surface area contributed by atoms with Gasteiger partial charge in [-0.3, -0.25) is 19.0 Å². The maximum atomic E-state index is 13.0. The van der Waals surface area contributed by atoms with Gasteiger partial charge in [0.1, 0.15) is 5.82 Å². The fourth-order valence-electron chi connectivity index (χ4n) is 4.25. The highest BCUT2D eigenvalue weighted by molar-refractivity contribution is 5.98. The van der Waals surface area contributed by atoms with Crippen LogP contribution >= 0.6 is 0 Å². The van der Waals surface area contributed by atoms with E-state index >= 15 is 0 Å². The summed E-state index contributed by atoms with van der Waals surface area (Å²) in [4.78, 5) is 43.0. The molecule has 178 valence electrons. The summed E-state index contributed by atoms with van der Waals surface area (Å²) < 4.78 is 1.80. The zero-order valence-corrected chi connectivity index (χ0v) is 19.9. The quantitative estimate of drug-likeness (QED) is 0.582. The average molecular weight is 461 g/mol. The Morgan fingerprint density at radius 2 is 1.82 bits per heavy atom. The van der Waals surface area contributed by atoms with Gasteiger partial charge in [0.25, 0.3) is 17.4 Å². The fraction of sp³-hybridized carbons (Fsp3) is 0.407. The molecular weight excluding hydrogens is 428 g/mol. The largest absolute Gasteiger partial charge is 0.350 e. The highest BCUT2D eigenvalue weighted by atomic mass is 16.2. The normalized spacial score (nSPS) is 14.5. The van der Waals surface area contributed by atoms with E-state index in [1.165, 1.54) is 0 Å². The standard InChI is InChI=1S/C27H32N4O3/c1-3-18(2)29-26(33)20-10-8-9-19(15-20)17-28-25(32)21-12-13-22-23(16-21)30-24-11-6-4-5-7-14-31(24)27(22)34/h8-10,12-13,15-16,18H,3-7,11,14,17H2,1-2H3,(H,28,32)(H,29,33). The summed E-state index contributed by atoms with van der Waals surface area (Å²) in [5, 5.41) is 6.41. The van der Waals surface area contributed by atoms with Gasteiger partial charge in [-0.15, -0.1) is 0 Å². The van der Waals surface area contributed by atoms with Crippen molar-refractivity contribution < 1.29 is 9.59 Å². The third kappa shape index (κ3) is 5.35. The molecular formula is C27H32N4O3. The van der Waals surface area contributed by atoms with Gasteiger partial charge in [0.2, 0.25) is 0 Å². The van der Waals surface area contributed by atoms with Gasteiger partial charge in [-0.1, -0.05) is 31.9 Å². The number of hydrogen-bond acceptors (Lipinski definition) is 4. The zero-order valence-electron chi connectivity index (χ0n) is 19.9. The molecule has 1 aromatic heterocycles. The first-order valence-corrected chi connectivity index (χ1v) is 12.2. The molecule has 1 aliphatic heterocycles. The van der Waals surface area contributed by atoms with E-state index in [1.54, 1.807) is 34.9 Å². The van der Waals surface area contributed by atoms with Crippen molar-refractivity contribution in [1.29, 1.82) is 0 Å². The van der Waals surface area contributed by atoms with Gasteiger partial charge in [-0.25, -0.2) is 4.98 Å². The molecule has 0 bridgehead atoms. The van der Waals surface area contributed by atoms with Crippen molar-refractivity contribution in [2.45, 2.75) is 71.5 Å². The Balaban J connectivity index is 1.49. The van der Waals surface area contributed by atoms with Crippen LogP contribution in [-0.4, -0.2) is 27.4 Å². The first kappa shape index (κ1) is 23.7. The van der Waals surface area contributed by atoms with Gasteiger partial charge < -0.3 is 10.6 Å². The maximum absolute atomic E-state index is 13.0. The topological polar surface area (TPSA) is 93.1 Å². The summed E-state index contributed by atoms with van der Waals surface area (Å²) in [6, 6.07) is 12.4. The molecule has 0 fully saturated rings. The second-order valence-electron chi connectivity index (χ2n) is 9.05. The monoisotopic (exact) mass is 460 g/mol. The number of amides is 2. The number of hydrogen-bond donors (Lipinski definition) is 2. The smallest absolute Gasteiger partial charge is 0.261 e. The molecule has 0 saturated carbocycles. The van der Waals surface area contributed by atoms with Crippen LogP contribution in [0.4, 0.5) is 0 Å². The molecule has 7 heteroatoms. The molecule has 3 aromatic rings. The lowest BCUT2D eigenvalue weighted by Crippen LogP contribution is -2.32. The number of benzene rings is 2. The fourth-order valence-corrected chi connectivity index (χ4v) is 4.25. The first-order valence-electron chi connectivity index (χ1n) is 12.2. The van der Waals surface area contributed by atoms with Crippen molar-refractivity contribution in [3.05, 3.63) is 75.3 Å². The number of nitrogens with zero attached hydrogens (tertiary/aromatic N) is 2. The van der Waals surface area contributed by atoms with Crippen LogP contribution in [0.15, 0.2) is 47.3 Å². The number of rotatable bonds is 6. The minimum Gasteiger partial charge on any atom is -0.350 e. The number of carbonyl (C=O) groups is 2. The number of carbonyl (C=O) groups excluding carboxylic acids is 2. The lowest BCUT2D eigenvalue weighted by molar-refractivity contribution is 0.0936. The van der Waals surface area contributed by atoms with Crippen LogP contribution in [0.1, 0.15) is 78.1 Å². The molecule has 2 aromatic carbocycles. The SMILES string of the molecule is CCC(C)NC(=O)c1cccc(CNC(=O)c2ccc3c(=O)n4c(nc3c2)CCCCCC4)c1. The van der Waals surface area contributed by atoms with E-state index in [0.29, 0.717) is 35.1 Å². The Labute approximate surface area is 199 Å². The lowest BCUT2D eigenvalue weighted by atomic mass is 10.1. The van der Waals surface area contributed by atoms with Crippen LogP contribution in [0.3, 0.4) is 0 Å². The van der Waals surface area contributed by atoms with Gasteiger partial charge in [0.15, 0.2) is 0 Å². The molecule has 0 saturated heterocycles. The minimum atomic E-state index is -0.245. The Morgan fingerprint density at radius 3 is 2.65 bits per heavy atom. The number of fused-ring (bicyclic) bond motifs is 2. The van der Waals surface area contributed by atoms with Gasteiger partial charge in [-0.2, -0.15) is 0 Å². The zero-order chi connectivity index (χ0) is 24.1. The molecule has 2 heterocycles. The molecule has 0 aliphatic carbocycles. The Bertz CT molecular complexity index is 1260. The second kappa shape index (κ2) is 10.6. The summed E-state index contributed by atoms with van der Waals surface area (Å²) in [6.07, 6.45) is 5.93. The minimum absolute atomic E-state index is 0.0265. The van der Waals surface area contributed by atoms with Crippen molar-refractivity contribution in [2.75, 3.05) is 0 Å². The van der Waals surface area contributed by atoms with Gasteiger partial charge in [0, 0.05) is 36.7 Å². The van der Waals surface area contributed by atoms with Crippen molar-refractivity contribution in [3.8, 4) is 0 Å². The van der Waals surface area contributed by atoms with Gasteiger partial charge in [-0.05, 0) is 62.1 Å². The third-order valence-electron chi connectivity index (χ3n) is 6.46. The van der Waals surface area contributed by atoms with Crippen molar-refractivity contribution in [1.82, 2.24) is 20.2 Å². The first-order chi connectivity index (χ1) is 16.5. The van der Waals surface area contributed by atoms with Crippen LogP contribution in [-0.2, 0) is 19.5 Å². The molecule has 7 nitrogen and oxygen atoms in total. The van der Waals surface area contributed by atoms with E-state index in [-0.39, 0.29) is 23.4 Å². The third-order valence-corrected chi connectivity index (χ3v) is 6.46. The number of aryl methyl sites for hydroxylation is 1. The van der Waals surface area contributed by atoms with E-state index in [0.717, 1.165) is 49.9 Å². The summed E-state index contributed by atoms with van der Waals surface area (Å²) in [7, 11) is 0. The molecule has 4 rings (SSSR count). The Morgan fingerprint density at radius 1 is 1.03 bits per heavy atom. The molecule has 1 unspecified atom stereocenters. The highest BCUT2D eigenvalue weighted by Gasteiger charge is 2.15. The summed E-state index contributed by atoms with van der Waals surface area (Å²) in [6.45, 7) is 4.98. The predicted molar refractivity (Wildman–Crippen MR) is 133 cm³/mol. The Hall–Kier alpha value is -3.48. The van der Waals surface area contributed by atoms with Crippen LogP contribution in [0, 0.1) is 0 Å².